The van der Waals surface area contributed by atoms with Gasteiger partial charge in [-0.05, 0) is 46.8 Å². The lowest BCUT2D eigenvalue weighted by molar-refractivity contribution is 0.476. The van der Waals surface area contributed by atoms with Crippen molar-refractivity contribution in [2.75, 3.05) is 6.26 Å². The normalized spacial score (nSPS) is 13.7. The minimum Gasteiger partial charge on any atom is -0.612 e. The fraction of sp³-hybridized carbons (Fsp3) is 0.438. The van der Waals surface area contributed by atoms with Crippen LogP contribution in [0, 0.1) is 0 Å². The summed E-state index contributed by atoms with van der Waals surface area (Å²) in [6.45, 7) is 6.76. The average Bonchev–Trinajstić information content (AvgIpc) is 2.37. The molecular formula is C16H21NOS. The molecule has 1 aromatic heterocycles. The Morgan fingerprint density at radius 3 is 2.63 bits per heavy atom. The monoisotopic (exact) mass is 275 g/mol. The van der Waals surface area contributed by atoms with Crippen LogP contribution in [0.3, 0.4) is 0 Å². The molecule has 0 fully saturated rings. The summed E-state index contributed by atoms with van der Waals surface area (Å²) in [5.41, 5.74) is 2.41. The average molecular weight is 275 g/mol. The number of hydrogen-bond donors (Lipinski definition) is 0. The number of hydrogen-bond acceptors (Lipinski definition) is 2. The molecule has 2 nitrogen and oxygen atoms in total. The predicted octanol–water partition coefficient (Wildman–Crippen LogP) is 4.05. The van der Waals surface area contributed by atoms with Crippen molar-refractivity contribution in [2.45, 2.75) is 43.9 Å². The van der Waals surface area contributed by atoms with Gasteiger partial charge >= 0.3 is 0 Å². The standard InChI is InChI=1S/C16H21NOS/c1-5-9-16(2,3)14-8-10-17-15-11-12(19(4)18)6-7-13(14)15/h6-8,10-11H,5,9H2,1-4H3. The Hall–Kier alpha value is -1.06. The molecule has 1 unspecified atom stereocenters. The Morgan fingerprint density at radius 2 is 2.00 bits per heavy atom. The van der Waals surface area contributed by atoms with Gasteiger partial charge in [0.05, 0.1) is 5.52 Å². The summed E-state index contributed by atoms with van der Waals surface area (Å²) >= 11 is -0.956. The van der Waals surface area contributed by atoms with Crippen LogP contribution in [0.2, 0.25) is 0 Å². The highest BCUT2D eigenvalue weighted by molar-refractivity contribution is 7.90. The van der Waals surface area contributed by atoms with E-state index in [9.17, 15) is 4.55 Å². The molecule has 102 valence electrons. The number of pyridine rings is 1. The molecular weight excluding hydrogens is 254 g/mol. The maximum atomic E-state index is 11.6. The molecule has 1 atom stereocenters. The van der Waals surface area contributed by atoms with E-state index < -0.39 is 11.2 Å². The molecule has 2 rings (SSSR count). The minimum absolute atomic E-state index is 0.142. The van der Waals surface area contributed by atoms with Crippen molar-refractivity contribution in [3.63, 3.8) is 0 Å². The zero-order valence-corrected chi connectivity index (χ0v) is 12.9. The van der Waals surface area contributed by atoms with Gasteiger partial charge < -0.3 is 4.55 Å². The van der Waals surface area contributed by atoms with Gasteiger partial charge in [-0.15, -0.1) is 0 Å². The van der Waals surface area contributed by atoms with Crippen LogP contribution in [-0.2, 0) is 16.6 Å². The van der Waals surface area contributed by atoms with Crippen LogP contribution in [0.4, 0.5) is 0 Å². The van der Waals surface area contributed by atoms with Gasteiger partial charge in [-0.1, -0.05) is 27.2 Å². The zero-order chi connectivity index (χ0) is 14.0. The van der Waals surface area contributed by atoms with E-state index in [0.717, 1.165) is 23.3 Å². The summed E-state index contributed by atoms with van der Waals surface area (Å²) in [4.78, 5) is 5.26. The van der Waals surface area contributed by atoms with Crippen molar-refractivity contribution in [1.29, 1.82) is 0 Å². The Kier molecular flexibility index (Phi) is 4.16. The molecule has 1 heterocycles. The first-order valence-corrected chi connectivity index (χ1v) is 8.24. The molecule has 0 saturated heterocycles. The van der Waals surface area contributed by atoms with Crippen molar-refractivity contribution >= 4 is 22.1 Å². The number of rotatable bonds is 4. The molecule has 0 N–H and O–H groups in total. The molecule has 2 aromatic rings. The first-order chi connectivity index (χ1) is 8.95. The SMILES string of the molecule is CCCC(C)(C)c1ccnc2cc([S+](C)[O-])ccc12. The summed E-state index contributed by atoms with van der Waals surface area (Å²) in [7, 11) is 0. The number of fused-ring (bicyclic) bond motifs is 1. The molecule has 1 aromatic carbocycles. The molecule has 0 saturated carbocycles. The molecule has 3 heteroatoms. The summed E-state index contributed by atoms with van der Waals surface area (Å²) in [5.74, 6) is 0. The van der Waals surface area contributed by atoms with Gasteiger partial charge in [0, 0.05) is 17.6 Å². The third kappa shape index (κ3) is 2.93. The quantitative estimate of drug-likeness (QED) is 0.789. The van der Waals surface area contributed by atoms with Crippen LogP contribution in [0.5, 0.6) is 0 Å². The van der Waals surface area contributed by atoms with Crippen molar-refractivity contribution in [1.82, 2.24) is 4.98 Å². The maximum Gasteiger partial charge on any atom is 0.154 e. The van der Waals surface area contributed by atoms with Crippen molar-refractivity contribution in [3.05, 3.63) is 36.0 Å². The van der Waals surface area contributed by atoms with Gasteiger partial charge in [0.1, 0.15) is 6.26 Å². The number of nitrogens with zero attached hydrogens (tertiary/aromatic N) is 1. The highest BCUT2D eigenvalue weighted by atomic mass is 32.2. The summed E-state index contributed by atoms with van der Waals surface area (Å²) < 4.78 is 11.6. The fourth-order valence-corrected chi connectivity index (χ4v) is 3.19. The fourth-order valence-electron chi connectivity index (χ4n) is 2.66. The second kappa shape index (κ2) is 5.51. The highest BCUT2D eigenvalue weighted by Crippen LogP contribution is 2.33. The van der Waals surface area contributed by atoms with E-state index in [-0.39, 0.29) is 5.41 Å². The smallest absolute Gasteiger partial charge is 0.154 e. The lowest BCUT2D eigenvalue weighted by atomic mass is 9.79. The third-order valence-electron chi connectivity index (χ3n) is 3.65. The molecule has 0 amide bonds. The van der Waals surface area contributed by atoms with E-state index in [1.807, 2.05) is 18.3 Å². The highest BCUT2D eigenvalue weighted by Gasteiger charge is 2.22. The van der Waals surface area contributed by atoms with E-state index >= 15 is 0 Å². The van der Waals surface area contributed by atoms with Gasteiger partial charge in [-0.3, -0.25) is 4.98 Å². The van der Waals surface area contributed by atoms with Crippen molar-refractivity contribution in [3.8, 4) is 0 Å². The van der Waals surface area contributed by atoms with E-state index in [1.54, 1.807) is 6.26 Å². The maximum absolute atomic E-state index is 11.6. The summed E-state index contributed by atoms with van der Waals surface area (Å²) in [5, 5.41) is 1.18. The minimum atomic E-state index is -0.956. The van der Waals surface area contributed by atoms with E-state index in [1.165, 1.54) is 10.9 Å². The van der Waals surface area contributed by atoms with Gasteiger partial charge in [0.15, 0.2) is 4.90 Å². The topological polar surface area (TPSA) is 36.0 Å². The second-order valence-electron chi connectivity index (χ2n) is 5.63. The van der Waals surface area contributed by atoms with Crippen LogP contribution < -0.4 is 0 Å². The molecule has 0 aliphatic carbocycles. The molecule has 0 radical (unpaired) electrons. The molecule has 0 spiro atoms. The van der Waals surface area contributed by atoms with E-state index in [0.29, 0.717) is 0 Å². The number of aromatic nitrogens is 1. The van der Waals surface area contributed by atoms with Crippen molar-refractivity contribution in [2.24, 2.45) is 0 Å². The van der Waals surface area contributed by atoms with Crippen LogP contribution in [0.15, 0.2) is 35.4 Å². The Morgan fingerprint density at radius 1 is 1.26 bits per heavy atom. The summed E-state index contributed by atoms with van der Waals surface area (Å²) in [6.07, 6.45) is 5.87. The lowest BCUT2D eigenvalue weighted by Gasteiger charge is -2.26. The Balaban J connectivity index is 2.58. The van der Waals surface area contributed by atoms with Crippen LogP contribution in [0.1, 0.15) is 39.2 Å². The van der Waals surface area contributed by atoms with Crippen molar-refractivity contribution < 1.29 is 4.55 Å². The molecule has 0 aliphatic heterocycles. The van der Waals surface area contributed by atoms with Gasteiger partial charge in [0.25, 0.3) is 0 Å². The van der Waals surface area contributed by atoms with Gasteiger partial charge in [0.2, 0.25) is 0 Å². The van der Waals surface area contributed by atoms with Crippen LogP contribution >= 0.6 is 0 Å². The largest absolute Gasteiger partial charge is 0.612 e. The zero-order valence-electron chi connectivity index (χ0n) is 12.1. The summed E-state index contributed by atoms with van der Waals surface area (Å²) in [6, 6.07) is 8.06. The van der Waals surface area contributed by atoms with Crippen LogP contribution in [-0.4, -0.2) is 15.8 Å². The first kappa shape index (κ1) is 14.4. The molecule has 0 aliphatic rings. The lowest BCUT2D eigenvalue weighted by Crippen LogP contribution is -2.17. The van der Waals surface area contributed by atoms with E-state index in [4.69, 9.17) is 0 Å². The predicted molar refractivity (Wildman–Crippen MR) is 82.0 cm³/mol. The van der Waals surface area contributed by atoms with Gasteiger partial charge in [-0.25, -0.2) is 0 Å². The van der Waals surface area contributed by atoms with Gasteiger partial charge in [-0.2, -0.15) is 0 Å². The Bertz CT molecular complexity index is 578. The first-order valence-electron chi connectivity index (χ1n) is 6.68. The second-order valence-corrected chi connectivity index (χ2v) is 7.01. The molecule has 0 bridgehead atoms. The van der Waals surface area contributed by atoms with E-state index in [2.05, 4.69) is 37.9 Å². The molecule has 19 heavy (non-hydrogen) atoms. The van der Waals surface area contributed by atoms with Crippen LogP contribution in [0.25, 0.3) is 10.9 Å². The number of benzene rings is 1. The Labute approximate surface area is 118 Å². The third-order valence-corrected chi connectivity index (χ3v) is 4.57.